The number of hydrogen-bond acceptors (Lipinski definition) is 6. The van der Waals surface area contributed by atoms with E-state index in [1.807, 2.05) is 6.92 Å². The number of ether oxygens (including phenoxy) is 1. The number of nitrogens with zero attached hydrogens (tertiary/aromatic N) is 3. The molecule has 0 saturated heterocycles. The number of nitrogens with one attached hydrogen (secondary N) is 1. The lowest BCUT2D eigenvalue weighted by Crippen LogP contribution is -2.12. The van der Waals surface area contributed by atoms with Crippen LogP contribution in [0.1, 0.15) is 50.3 Å². The van der Waals surface area contributed by atoms with Crippen molar-refractivity contribution in [3.05, 3.63) is 57.9 Å². The number of anilines is 1. The molecule has 0 saturated carbocycles. The van der Waals surface area contributed by atoms with E-state index in [0.29, 0.717) is 28.6 Å². The highest BCUT2D eigenvalue weighted by molar-refractivity contribution is 7.16. The first-order valence-corrected chi connectivity index (χ1v) is 10.0. The Balaban J connectivity index is 1.49. The first kappa shape index (κ1) is 18.4. The smallest absolute Gasteiger partial charge is 0.341 e. The van der Waals surface area contributed by atoms with Gasteiger partial charge >= 0.3 is 5.97 Å². The summed E-state index contributed by atoms with van der Waals surface area (Å²) in [4.78, 5) is 30.2. The first-order chi connectivity index (χ1) is 13.6. The second-order valence-electron chi connectivity index (χ2n) is 6.52. The van der Waals surface area contributed by atoms with E-state index in [0.717, 1.165) is 30.6 Å². The Morgan fingerprint density at radius 3 is 2.75 bits per heavy atom. The first-order valence-electron chi connectivity index (χ1n) is 9.19. The lowest BCUT2D eigenvalue weighted by atomic mass is 10.2. The van der Waals surface area contributed by atoms with Crippen molar-refractivity contribution in [3.63, 3.8) is 0 Å². The van der Waals surface area contributed by atoms with Crippen molar-refractivity contribution in [1.29, 1.82) is 0 Å². The molecule has 1 aliphatic carbocycles. The van der Waals surface area contributed by atoms with Crippen LogP contribution >= 0.6 is 11.3 Å². The van der Waals surface area contributed by atoms with Gasteiger partial charge in [0.1, 0.15) is 5.56 Å². The van der Waals surface area contributed by atoms with Gasteiger partial charge in [-0.3, -0.25) is 10.1 Å². The average Bonchev–Trinajstić information content (AvgIpc) is 3.37. The molecule has 2 heterocycles. The van der Waals surface area contributed by atoms with Crippen LogP contribution in [0.2, 0.25) is 0 Å². The van der Waals surface area contributed by atoms with Crippen LogP contribution in [-0.2, 0) is 17.6 Å². The van der Waals surface area contributed by atoms with Crippen molar-refractivity contribution in [1.82, 2.24) is 14.8 Å². The molecular formula is C20H20N4O3S. The standard InChI is InChI=1S/C20H20N4O3S/c1-3-27-19(26)15-11-21-24(12(15)2)14-9-7-13(8-10-14)18(25)23-20-22-16-5-4-6-17(16)28-20/h7-11H,3-6H2,1-2H3,(H,22,23,25). The van der Waals surface area contributed by atoms with Gasteiger partial charge in [0.15, 0.2) is 5.13 Å². The van der Waals surface area contributed by atoms with E-state index >= 15 is 0 Å². The molecule has 4 rings (SSSR count). The molecule has 0 bridgehead atoms. The van der Waals surface area contributed by atoms with E-state index in [9.17, 15) is 9.59 Å². The molecule has 7 nitrogen and oxygen atoms in total. The summed E-state index contributed by atoms with van der Waals surface area (Å²) in [5.74, 6) is -0.582. The quantitative estimate of drug-likeness (QED) is 0.667. The molecule has 8 heteroatoms. The maximum atomic E-state index is 12.5. The van der Waals surface area contributed by atoms with Gasteiger partial charge < -0.3 is 4.74 Å². The number of carbonyl (C=O) groups is 2. The fourth-order valence-electron chi connectivity index (χ4n) is 3.25. The molecule has 1 aromatic carbocycles. The summed E-state index contributed by atoms with van der Waals surface area (Å²) in [5.41, 5.74) is 3.53. The Kier molecular flexibility index (Phi) is 4.95. The highest BCUT2D eigenvalue weighted by atomic mass is 32.1. The van der Waals surface area contributed by atoms with Crippen LogP contribution in [0.15, 0.2) is 30.5 Å². The van der Waals surface area contributed by atoms with Crippen molar-refractivity contribution < 1.29 is 14.3 Å². The van der Waals surface area contributed by atoms with Crippen molar-refractivity contribution in [2.75, 3.05) is 11.9 Å². The summed E-state index contributed by atoms with van der Waals surface area (Å²) in [6, 6.07) is 7.06. The minimum absolute atomic E-state index is 0.191. The molecule has 1 aliphatic rings. The van der Waals surface area contributed by atoms with Gasteiger partial charge in [0, 0.05) is 10.4 Å². The van der Waals surface area contributed by atoms with Crippen LogP contribution in [-0.4, -0.2) is 33.2 Å². The Morgan fingerprint density at radius 1 is 1.25 bits per heavy atom. The van der Waals surface area contributed by atoms with Crippen molar-refractivity contribution >= 4 is 28.3 Å². The molecule has 0 unspecified atom stereocenters. The zero-order valence-electron chi connectivity index (χ0n) is 15.7. The van der Waals surface area contributed by atoms with Crippen LogP contribution < -0.4 is 5.32 Å². The number of aryl methyl sites for hydroxylation is 2. The summed E-state index contributed by atoms with van der Waals surface area (Å²) in [7, 11) is 0. The molecule has 2 aromatic heterocycles. The van der Waals surface area contributed by atoms with Crippen LogP contribution in [0.25, 0.3) is 5.69 Å². The highest BCUT2D eigenvalue weighted by Crippen LogP contribution is 2.30. The number of esters is 1. The van der Waals surface area contributed by atoms with E-state index in [4.69, 9.17) is 4.74 Å². The molecular weight excluding hydrogens is 376 g/mol. The van der Waals surface area contributed by atoms with Gasteiger partial charge in [-0.05, 0) is 57.4 Å². The Bertz CT molecular complexity index is 1010. The predicted octanol–water partition coefficient (Wildman–Crippen LogP) is 3.55. The van der Waals surface area contributed by atoms with Gasteiger partial charge in [0.2, 0.25) is 0 Å². The minimum Gasteiger partial charge on any atom is -0.462 e. The SMILES string of the molecule is CCOC(=O)c1cnn(-c2ccc(C(=O)Nc3nc4c(s3)CCC4)cc2)c1C. The minimum atomic E-state index is -0.391. The van der Waals surface area contributed by atoms with E-state index in [2.05, 4.69) is 15.4 Å². The predicted molar refractivity (Wildman–Crippen MR) is 106 cm³/mol. The largest absolute Gasteiger partial charge is 0.462 e. The monoisotopic (exact) mass is 396 g/mol. The zero-order valence-corrected chi connectivity index (χ0v) is 16.5. The molecule has 1 amide bonds. The molecule has 28 heavy (non-hydrogen) atoms. The third-order valence-corrected chi connectivity index (χ3v) is 5.77. The molecule has 0 atom stereocenters. The lowest BCUT2D eigenvalue weighted by Gasteiger charge is -2.07. The summed E-state index contributed by atoms with van der Waals surface area (Å²) in [6.07, 6.45) is 4.69. The number of fused-ring (bicyclic) bond motifs is 1. The van der Waals surface area contributed by atoms with Crippen molar-refractivity contribution in [2.24, 2.45) is 0 Å². The maximum Gasteiger partial charge on any atom is 0.341 e. The van der Waals surface area contributed by atoms with Gasteiger partial charge in [0.05, 0.1) is 29.9 Å². The average molecular weight is 396 g/mol. The molecule has 0 aliphatic heterocycles. The number of carbonyl (C=O) groups excluding carboxylic acids is 2. The highest BCUT2D eigenvalue weighted by Gasteiger charge is 2.19. The topological polar surface area (TPSA) is 86.1 Å². The fraction of sp³-hybridized carbons (Fsp3) is 0.300. The van der Waals surface area contributed by atoms with E-state index in [1.165, 1.54) is 11.1 Å². The molecule has 1 N–H and O–H groups in total. The molecule has 3 aromatic rings. The molecule has 144 valence electrons. The second-order valence-corrected chi connectivity index (χ2v) is 7.60. The second kappa shape index (κ2) is 7.55. The van der Waals surface area contributed by atoms with Gasteiger partial charge in [-0.25, -0.2) is 14.5 Å². The number of aromatic nitrogens is 3. The summed E-state index contributed by atoms with van der Waals surface area (Å²) >= 11 is 1.56. The number of hydrogen-bond donors (Lipinski definition) is 1. The molecule has 0 fully saturated rings. The number of rotatable bonds is 5. The van der Waals surface area contributed by atoms with Crippen molar-refractivity contribution in [3.8, 4) is 5.69 Å². The molecule has 0 radical (unpaired) electrons. The van der Waals surface area contributed by atoms with Crippen LogP contribution in [0.4, 0.5) is 5.13 Å². The Hall–Kier alpha value is -3.00. The van der Waals surface area contributed by atoms with Gasteiger partial charge in [-0.15, -0.1) is 11.3 Å². The van der Waals surface area contributed by atoms with E-state index in [-0.39, 0.29) is 5.91 Å². The summed E-state index contributed by atoms with van der Waals surface area (Å²) < 4.78 is 6.69. The third kappa shape index (κ3) is 3.43. The summed E-state index contributed by atoms with van der Waals surface area (Å²) in [6.45, 7) is 3.89. The maximum absolute atomic E-state index is 12.5. The van der Waals surface area contributed by atoms with Crippen LogP contribution in [0.3, 0.4) is 0 Å². The van der Waals surface area contributed by atoms with Crippen molar-refractivity contribution in [2.45, 2.75) is 33.1 Å². The normalized spacial score (nSPS) is 12.6. The summed E-state index contributed by atoms with van der Waals surface area (Å²) in [5, 5.41) is 7.80. The van der Waals surface area contributed by atoms with Crippen LogP contribution in [0, 0.1) is 6.92 Å². The third-order valence-electron chi connectivity index (χ3n) is 4.70. The number of benzene rings is 1. The van der Waals surface area contributed by atoms with E-state index in [1.54, 1.807) is 47.2 Å². The van der Waals surface area contributed by atoms with Gasteiger partial charge in [-0.1, -0.05) is 0 Å². The molecule has 0 spiro atoms. The lowest BCUT2D eigenvalue weighted by molar-refractivity contribution is 0.0525. The van der Waals surface area contributed by atoms with Gasteiger partial charge in [-0.2, -0.15) is 5.10 Å². The number of amides is 1. The fourth-order valence-corrected chi connectivity index (χ4v) is 4.29. The zero-order chi connectivity index (χ0) is 19.7. The van der Waals surface area contributed by atoms with Gasteiger partial charge in [0.25, 0.3) is 5.91 Å². The van der Waals surface area contributed by atoms with Crippen LogP contribution in [0.5, 0.6) is 0 Å². The number of thiazole rings is 1. The Morgan fingerprint density at radius 2 is 2.04 bits per heavy atom. The Labute approximate surface area is 166 Å². The van der Waals surface area contributed by atoms with E-state index < -0.39 is 5.97 Å².